The van der Waals surface area contributed by atoms with E-state index in [-0.39, 0.29) is 12.5 Å². The molecule has 0 saturated heterocycles. The maximum Gasteiger partial charge on any atom is 0.251 e. The standard InChI is InChI=1S/C13H15N3O2/c17-9-10-1-3-11(4-2-10)13(18)16-6-5-12-14-7-8-15-12/h1-4,7-8,17H,5-6,9H2,(H,14,15)(H,16,18). The van der Waals surface area contributed by atoms with E-state index in [2.05, 4.69) is 15.3 Å². The topological polar surface area (TPSA) is 78.0 Å². The summed E-state index contributed by atoms with van der Waals surface area (Å²) in [4.78, 5) is 18.8. The number of hydrogen-bond donors (Lipinski definition) is 3. The summed E-state index contributed by atoms with van der Waals surface area (Å²) in [5.74, 6) is 0.733. The molecule has 18 heavy (non-hydrogen) atoms. The molecule has 3 N–H and O–H groups in total. The Morgan fingerprint density at radius 2 is 2.11 bits per heavy atom. The second-order valence-corrected chi connectivity index (χ2v) is 3.90. The Bertz CT molecular complexity index is 491. The molecule has 1 heterocycles. The van der Waals surface area contributed by atoms with Crippen molar-refractivity contribution in [2.75, 3.05) is 6.54 Å². The van der Waals surface area contributed by atoms with Gasteiger partial charge in [-0.25, -0.2) is 4.98 Å². The highest BCUT2D eigenvalue weighted by Crippen LogP contribution is 2.04. The number of H-pyrrole nitrogens is 1. The number of carbonyl (C=O) groups excluding carboxylic acids is 1. The lowest BCUT2D eigenvalue weighted by molar-refractivity contribution is 0.0954. The van der Waals surface area contributed by atoms with E-state index in [1.165, 1.54) is 0 Å². The summed E-state index contributed by atoms with van der Waals surface area (Å²) in [6.45, 7) is 0.522. The molecule has 1 aromatic heterocycles. The third-order valence-electron chi connectivity index (χ3n) is 2.60. The zero-order valence-electron chi connectivity index (χ0n) is 9.89. The third-order valence-corrected chi connectivity index (χ3v) is 2.60. The van der Waals surface area contributed by atoms with Crippen LogP contribution in [0.3, 0.4) is 0 Å². The van der Waals surface area contributed by atoms with Gasteiger partial charge in [0.25, 0.3) is 5.91 Å². The minimum absolute atomic E-state index is 0.0135. The Labute approximate surface area is 105 Å². The van der Waals surface area contributed by atoms with E-state index in [0.29, 0.717) is 18.5 Å². The molecule has 94 valence electrons. The van der Waals surface area contributed by atoms with Crippen molar-refractivity contribution in [3.63, 3.8) is 0 Å². The number of rotatable bonds is 5. The Hall–Kier alpha value is -2.14. The second-order valence-electron chi connectivity index (χ2n) is 3.90. The van der Waals surface area contributed by atoms with Crippen LogP contribution in [-0.4, -0.2) is 27.5 Å². The first-order chi connectivity index (χ1) is 8.79. The molecule has 5 nitrogen and oxygen atoms in total. The zero-order chi connectivity index (χ0) is 12.8. The first kappa shape index (κ1) is 12.3. The number of benzene rings is 1. The molecule has 0 aliphatic rings. The largest absolute Gasteiger partial charge is 0.392 e. The molecule has 2 aromatic rings. The fraction of sp³-hybridized carbons (Fsp3) is 0.231. The molecular formula is C13H15N3O2. The number of amides is 1. The third kappa shape index (κ3) is 3.18. The molecule has 0 spiro atoms. The monoisotopic (exact) mass is 245 g/mol. The van der Waals surface area contributed by atoms with Gasteiger partial charge in [0.15, 0.2) is 0 Å². The minimum atomic E-state index is -0.119. The molecule has 0 bridgehead atoms. The smallest absolute Gasteiger partial charge is 0.251 e. The highest BCUT2D eigenvalue weighted by Gasteiger charge is 2.04. The molecule has 0 aliphatic heterocycles. The van der Waals surface area contributed by atoms with Crippen LogP contribution in [0, 0.1) is 0 Å². The molecule has 0 aliphatic carbocycles. The maximum absolute atomic E-state index is 11.8. The fourth-order valence-electron chi connectivity index (χ4n) is 1.59. The second kappa shape index (κ2) is 5.97. The van der Waals surface area contributed by atoms with Crippen molar-refractivity contribution < 1.29 is 9.90 Å². The molecule has 2 rings (SSSR count). The minimum Gasteiger partial charge on any atom is -0.392 e. The zero-order valence-corrected chi connectivity index (χ0v) is 9.89. The summed E-state index contributed by atoms with van der Waals surface area (Å²) in [5.41, 5.74) is 1.38. The van der Waals surface area contributed by atoms with E-state index >= 15 is 0 Å². The van der Waals surface area contributed by atoms with Gasteiger partial charge in [-0.3, -0.25) is 4.79 Å². The lowest BCUT2D eigenvalue weighted by Crippen LogP contribution is -2.25. The molecule has 0 fully saturated rings. The van der Waals surface area contributed by atoms with Gasteiger partial charge in [-0.05, 0) is 17.7 Å². The molecular weight excluding hydrogens is 230 g/mol. The van der Waals surface area contributed by atoms with Crippen molar-refractivity contribution in [2.24, 2.45) is 0 Å². The summed E-state index contributed by atoms with van der Waals surface area (Å²) in [6, 6.07) is 6.88. The van der Waals surface area contributed by atoms with Crippen LogP contribution in [-0.2, 0) is 13.0 Å². The van der Waals surface area contributed by atoms with Crippen LogP contribution in [0.2, 0.25) is 0 Å². The van der Waals surface area contributed by atoms with Crippen LogP contribution >= 0.6 is 0 Å². The van der Waals surface area contributed by atoms with Crippen molar-refractivity contribution in [1.82, 2.24) is 15.3 Å². The van der Waals surface area contributed by atoms with Crippen LogP contribution in [0.4, 0.5) is 0 Å². The molecule has 0 atom stereocenters. The number of nitrogens with one attached hydrogen (secondary N) is 2. The number of hydrogen-bond acceptors (Lipinski definition) is 3. The molecule has 0 radical (unpaired) electrons. The van der Waals surface area contributed by atoms with E-state index in [1.54, 1.807) is 36.7 Å². The first-order valence-corrected chi connectivity index (χ1v) is 5.76. The van der Waals surface area contributed by atoms with E-state index < -0.39 is 0 Å². The van der Waals surface area contributed by atoms with Crippen LogP contribution < -0.4 is 5.32 Å². The predicted octanol–water partition coefficient (Wildman–Crippen LogP) is 0.874. The Balaban J connectivity index is 1.83. The Morgan fingerprint density at radius 3 is 2.72 bits per heavy atom. The number of nitrogens with zero attached hydrogens (tertiary/aromatic N) is 1. The number of aliphatic hydroxyl groups is 1. The van der Waals surface area contributed by atoms with Gasteiger partial charge in [-0.1, -0.05) is 12.1 Å². The van der Waals surface area contributed by atoms with Gasteiger partial charge in [-0.15, -0.1) is 0 Å². The molecule has 1 aromatic carbocycles. The van der Waals surface area contributed by atoms with E-state index in [4.69, 9.17) is 5.11 Å². The molecule has 0 unspecified atom stereocenters. The summed E-state index contributed by atoms with van der Waals surface area (Å²) in [5, 5.41) is 11.7. The van der Waals surface area contributed by atoms with Crippen molar-refractivity contribution >= 4 is 5.91 Å². The highest BCUT2D eigenvalue weighted by molar-refractivity contribution is 5.94. The van der Waals surface area contributed by atoms with Gasteiger partial charge >= 0.3 is 0 Å². The van der Waals surface area contributed by atoms with Crippen molar-refractivity contribution in [1.29, 1.82) is 0 Å². The SMILES string of the molecule is O=C(NCCc1ncc[nH]1)c1ccc(CO)cc1. The van der Waals surface area contributed by atoms with Crippen LogP contribution in [0.15, 0.2) is 36.7 Å². The van der Waals surface area contributed by atoms with Crippen molar-refractivity contribution in [3.05, 3.63) is 53.6 Å². The average molecular weight is 245 g/mol. The van der Waals surface area contributed by atoms with Crippen LogP contribution in [0.5, 0.6) is 0 Å². The number of carbonyl (C=O) groups is 1. The Kier molecular flexibility index (Phi) is 4.09. The number of aliphatic hydroxyl groups excluding tert-OH is 1. The van der Waals surface area contributed by atoms with E-state index in [1.807, 2.05) is 0 Å². The fourth-order valence-corrected chi connectivity index (χ4v) is 1.59. The Morgan fingerprint density at radius 1 is 1.33 bits per heavy atom. The van der Waals surface area contributed by atoms with Gasteiger partial charge in [0, 0.05) is 30.9 Å². The van der Waals surface area contributed by atoms with Gasteiger partial charge in [0.2, 0.25) is 0 Å². The average Bonchev–Trinajstić information content (AvgIpc) is 2.92. The van der Waals surface area contributed by atoms with Gasteiger partial charge in [0.05, 0.1) is 6.61 Å². The lowest BCUT2D eigenvalue weighted by Gasteiger charge is -2.04. The summed E-state index contributed by atoms with van der Waals surface area (Å²) >= 11 is 0. The predicted molar refractivity (Wildman–Crippen MR) is 67.0 cm³/mol. The van der Waals surface area contributed by atoms with E-state index in [0.717, 1.165) is 11.4 Å². The molecule has 5 heteroatoms. The lowest BCUT2D eigenvalue weighted by atomic mass is 10.1. The number of imidazole rings is 1. The first-order valence-electron chi connectivity index (χ1n) is 5.76. The number of aromatic nitrogens is 2. The van der Waals surface area contributed by atoms with Crippen molar-refractivity contribution in [2.45, 2.75) is 13.0 Å². The van der Waals surface area contributed by atoms with Crippen molar-refractivity contribution in [3.8, 4) is 0 Å². The van der Waals surface area contributed by atoms with Crippen LogP contribution in [0.1, 0.15) is 21.7 Å². The quantitative estimate of drug-likeness (QED) is 0.731. The number of aromatic amines is 1. The van der Waals surface area contributed by atoms with Gasteiger partial charge in [-0.2, -0.15) is 0 Å². The summed E-state index contributed by atoms with van der Waals surface area (Å²) in [7, 11) is 0. The van der Waals surface area contributed by atoms with Crippen LogP contribution in [0.25, 0.3) is 0 Å². The van der Waals surface area contributed by atoms with E-state index in [9.17, 15) is 4.79 Å². The molecule has 1 amide bonds. The molecule has 0 saturated carbocycles. The van der Waals surface area contributed by atoms with Gasteiger partial charge < -0.3 is 15.4 Å². The maximum atomic E-state index is 11.8. The normalized spacial score (nSPS) is 10.3. The summed E-state index contributed by atoms with van der Waals surface area (Å²) in [6.07, 6.45) is 4.11. The highest BCUT2D eigenvalue weighted by atomic mass is 16.3. The van der Waals surface area contributed by atoms with Gasteiger partial charge in [0.1, 0.15) is 5.82 Å². The summed E-state index contributed by atoms with van der Waals surface area (Å²) < 4.78 is 0.